The summed E-state index contributed by atoms with van der Waals surface area (Å²) in [4.78, 5) is 9.83. The van der Waals surface area contributed by atoms with Crippen molar-refractivity contribution in [3.8, 4) is 0 Å². The van der Waals surface area contributed by atoms with E-state index in [1.807, 2.05) is 26.0 Å². The Morgan fingerprint density at radius 2 is 1.78 bits per heavy atom. The fourth-order valence-electron chi connectivity index (χ4n) is 1.28. The van der Waals surface area contributed by atoms with Crippen molar-refractivity contribution >= 4 is 29.2 Å². The van der Waals surface area contributed by atoms with Crippen LogP contribution in [0, 0.1) is 0 Å². The van der Waals surface area contributed by atoms with Crippen LogP contribution in [-0.2, 0) is 0 Å². The third kappa shape index (κ3) is 4.25. The highest BCUT2D eigenvalue weighted by atomic mass is 35.5. The second-order valence-corrected chi connectivity index (χ2v) is 4.52. The predicted octanol–water partition coefficient (Wildman–Crippen LogP) is 1.81. The minimum atomic E-state index is 0.0855. The van der Waals surface area contributed by atoms with Crippen LogP contribution in [0.1, 0.15) is 13.8 Å². The van der Waals surface area contributed by atoms with Crippen LogP contribution in [0.2, 0.25) is 5.02 Å². The third-order valence-corrected chi connectivity index (χ3v) is 2.43. The molecule has 5 nitrogen and oxygen atoms in total. The van der Waals surface area contributed by atoms with Gasteiger partial charge in [-0.25, -0.2) is 4.99 Å². The highest BCUT2D eigenvalue weighted by Gasteiger charge is 2.05. The Morgan fingerprint density at radius 3 is 2.28 bits per heavy atom. The Hall–Kier alpha value is -1.75. The standard InChI is InChI=1S/C12H18ClN5/c1-8(2)16-11(14)17-12(15)18(3)10-6-4-9(13)5-7-10/h4-8H,1-3H3,(H4,14,15,16,17). The van der Waals surface area contributed by atoms with Gasteiger partial charge in [0.2, 0.25) is 11.9 Å². The molecule has 6 heteroatoms. The number of anilines is 1. The molecule has 0 saturated carbocycles. The molecule has 4 N–H and O–H groups in total. The molecule has 1 aromatic rings. The summed E-state index contributed by atoms with van der Waals surface area (Å²) in [6.45, 7) is 3.84. The average Bonchev–Trinajstić information content (AvgIpc) is 2.27. The monoisotopic (exact) mass is 267 g/mol. The van der Waals surface area contributed by atoms with Crippen LogP contribution in [0.4, 0.5) is 5.69 Å². The molecule has 0 heterocycles. The minimum Gasteiger partial charge on any atom is -0.369 e. The molecule has 0 fully saturated rings. The van der Waals surface area contributed by atoms with E-state index in [-0.39, 0.29) is 18.0 Å². The van der Waals surface area contributed by atoms with E-state index in [0.29, 0.717) is 5.02 Å². The molecule has 18 heavy (non-hydrogen) atoms. The van der Waals surface area contributed by atoms with Gasteiger partial charge in [-0.05, 0) is 38.1 Å². The van der Waals surface area contributed by atoms with Crippen molar-refractivity contribution in [1.82, 2.24) is 0 Å². The van der Waals surface area contributed by atoms with Gasteiger partial charge in [-0.3, -0.25) is 0 Å². The number of halogens is 1. The van der Waals surface area contributed by atoms with Crippen molar-refractivity contribution in [2.45, 2.75) is 19.9 Å². The van der Waals surface area contributed by atoms with E-state index in [9.17, 15) is 0 Å². The number of nitrogens with two attached hydrogens (primary N) is 2. The zero-order chi connectivity index (χ0) is 13.7. The molecule has 0 aliphatic heterocycles. The lowest BCUT2D eigenvalue weighted by molar-refractivity contribution is 0.831. The number of benzene rings is 1. The number of hydrogen-bond acceptors (Lipinski definition) is 1. The Kier molecular flexibility index (Phi) is 4.97. The molecule has 0 aliphatic rings. The van der Waals surface area contributed by atoms with Crippen LogP contribution in [-0.4, -0.2) is 25.0 Å². The number of nitrogens with zero attached hydrogens (tertiary/aromatic N) is 3. The molecule has 1 aromatic carbocycles. The van der Waals surface area contributed by atoms with E-state index in [0.717, 1.165) is 5.69 Å². The van der Waals surface area contributed by atoms with Crippen molar-refractivity contribution in [3.63, 3.8) is 0 Å². The van der Waals surface area contributed by atoms with Crippen LogP contribution in [0.25, 0.3) is 0 Å². The maximum Gasteiger partial charge on any atom is 0.218 e. The second kappa shape index (κ2) is 6.26. The average molecular weight is 268 g/mol. The van der Waals surface area contributed by atoms with Gasteiger partial charge in [0, 0.05) is 23.8 Å². The summed E-state index contributed by atoms with van der Waals surface area (Å²) in [7, 11) is 1.80. The van der Waals surface area contributed by atoms with Gasteiger partial charge in [0.25, 0.3) is 0 Å². The van der Waals surface area contributed by atoms with Crippen molar-refractivity contribution in [1.29, 1.82) is 0 Å². The van der Waals surface area contributed by atoms with Gasteiger partial charge >= 0.3 is 0 Å². The van der Waals surface area contributed by atoms with Gasteiger partial charge in [-0.1, -0.05) is 11.6 Å². The summed E-state index contributed by atoms with van der Waals surface area (Å²) in [6.07, 6.45) is 0. The van der Waals surface area contributed by atoms with Gasteiger partial charge in [-0.2, -0.15) is 4.99 Å². The van der Waals surface area contributed by atoms with Gasteiger partial charge in [0.15, 0.2) is 0 Å². The number of aliphatic imine (C=N–C) groups is 2. The van der Waals surface area contributed by atoms with Crippen LogP contribution in [0.15, 0.2) is 34.3 Å². The van der Waals surface area contributed by atoms with Crippen LogP contribution in [0.5, 0.6) is 0 Å². The van der Waals surface area contributed by atoms with Crippen LogP contribution in [0.3, 0.4) is 0 Å². The highest BCUT2D eigenvalue weighted by Crippen LogP contribution is 2.16. The van der Waals surface area contributed by atoms with Crippen molar-refractivity contribution < 1.29 is 0 Å². The lowest BCUT2D eigenvalue weighted by Gasteiger charge is -2.17. The molecule has 0 aliphatic carbocycles. The van der Waals surface area contributed by atoms with E-state index < -0.39 is 0 Å². The number of hydrogen-bond donors (Lipinski definition) is 2. The molecule has 0 atom stereocenters. The summed E-state index contributed by atoms with van der Waals surface area (Å²) in [5.74, 6) is 0.447. The molecule has 0 amide bonds. The first-order valence-corrected chi connectivity index (χ1v) is 5.94. The molecular formula is C12H18ClN5. The lowest BCUT2D eigenvalue weighted by atomic mass is 10.3. The van der Waals surface area contributed by atoms with Crippen LogP contribution < -0.4 is 16.4 Å². The fourth-order valence-corrected chi connectivity index (χ4v) is 1.41. The highest BCUT2D eigenvalue weighted by molar-refractivity contribution is 6.30. The second-order valence-electron chi connectivity index (χ2n) is 4.09. The van der Waals surface area contributed by atoms with E-state index >= 15 is 0 Å². The SMILES string of the molecule is CC(C)N=C(N)N=C(N)N(C)c1ccc(Cl)cc1. The Labute approximate surface area is 112 Å². The first kappa shape index (κ1) is 14.3. The van der Waals surface area contributed by atoms with Crippen molar-refractivity contribution in [2.75, 3.05) is 11.9 Å². The molecule has 0 aromatic heterocycles. The fraction of sp³-hybridized carbons (Fsp3) is 0.333. The normalized spacial score (nSPS) is 12.9. The molecule has 0 saturated heterocycles. The number of rotatable bonds is 2. The van der Waals surface area contributed by atoms with Crippen LogP contribution >= 0.6 is 11.6 Å². The van der Waals surface area contributed by atoms with E-state index in [4.69, 9.17) is 23.1 Å². The number of guanidine groups is 2. The summed E-state index contributed by atoms with van der Waals surface area (Å²) < 4.78 is 0. The zero-order valence-electron chi connectivity index (χ0n) is 10.8. The smallest absolute Gasteiger partial charge is 0.218 e. The predicted molar refractivity (Wildman–Crippen MR) is 78.2 cm³/mol. The minimum absolute atomic E-state index is 0.0855. The Morgan fingerprint density at radius 1 is 1.22 bits per heavy atom. The molecule has 0 radical (unpaired) electrons. The van der Waals surface area contributed by atoms with E-state index in [1.165, 1.54) is 0 Å². The summed E-state index contributed by atoms with van der Waals surface area (Å²) in [5, 5.41) is 0.670. The maximum atomic E-state index is 5.85. The Balaban J connectivity index is 2.86. The maximum absolute atomic E-state index is 5.85. The van der Waals surface area contributed by atoms with Gasteiger partial charge in [0.1, 0.15) is 0 Å². The van der Waals surface area contributed by atoms with E-state index in [2.05, 4.69) is 9.98 Å². The lowest BCUT2D eigenvalue weighted by Crippen LogP contribution is -2.35. The molecule has 0 unspecified atom stereocenters. The third-order valence-electron chi connectivity index (χ3n) is 2.18. The summed E-state index contributed by atoms with van der Waals surface area (Å²) >= 11 is 5.82. The summed E-state index contributed by atoms with van der Waals surface area (Å²) in [6, 6.07) is 7.35. The Bertz CT molecular complexity index is 450. The largest absolute Gasteiger partial charge is 0.369 e. The first-order chi connectivity index (χ1) is 8.40. The molecule has 0 spiro atoms. The zero-order valence-corrected chi connectivity index (χ0v) is 11.5. The van der Waals surface area contributed by atoms with E-state index in [1.54, 1.807) is 24.1 Å². The molecular weight excluding hydrogens is 250 g/mol. The van der Waals surface area contributed by atoms with Gasteiger partial charge < -0.3 is 16.4 Å². The van der Waals surface area contributed by atoms with Gasteiger partial charge in [-0.15, -0.1) is 0 Å². The van der Waals surface area contributed by atoms with Crippen molar-refractivity contribution in [2.24, 2.45) is 21.5 Å². The quantitative estimate of drug-likeness (QED) is 0.634. The van der Waals surface area contributed by atoms with Crippen molar-refractivity contribution in [3.05, 3.63) is 29.3 Å². The topological polar surface area (TPSA) is 80.0 Å². The first-order valence-electron chi connectivity index (χ1n) is 5.57. The molecule has 98 valence electrons. The van der Waals surface area contributed by atoms with Gasteiger partial charge in [0.05, 0.1) is 0 Å². The summed E-state index contributed by atoms with van der Waals surface area (Å²) in [5.41, 5.74) is 12.4. The molecule has 0 bridgehead atoms. The molecule has 1 rings (SSSR count).